The third-order valence-corrected chi connectivity index (χ3v) is 2.34. The second-order valence-corrected chi connectivity index (χ2v) is 3.52. The fourth-order valence-electron chi connectivity index (χ4n) is 1.48. The van der Waals surface area contributed by atoms with Crippen molar-refractivity contribution in [2.75, 3.05) is 13.7 Å². The van der Waals surface area contributed by atoms with Crippen molar-refractivity contribution in [2.24, 2.45) is 0 Å². The zero-order valence-electron chi connectivity index (χ0n) is 9.03. The molecule has 1 heterocycles. The average molecular weight is 216 g/mol. The Morgan fingerprint density at radius 1 is 1.44 bits per heavy atom. The Balaban J connectivity index is 2.41. The Morgan fingerprint density at radius 2 is 2.25 bits per heavy atom. The zero-order valence-corrected chi connectivity index (χ0v) is 9.03. The van der Waals surface area contributed by atoms with Crippen LogP contribution >= 0.6 is 0 Å². The Hall–Kier alpha value is -2.03. The minimum Gasteiger partial charge on any atom is -0.488 e. The van der Waals surface area contributed by atoms with Gasteiger partial charge in [-0.25, -0.2) is 4.79 Å². The van der Waals surface area contributed by atoms with Gasteiger partial charge in [0.2, 0.25) is 0 Å². The van der Waals surface area contributed by atoms with Crippen molar-refractivity contribution < 1.29 is 14.3 Å². The highest BCUT2D eigenvalue weighted by Gasteiger charge is 2.11. The molecule has 0 unspecified atom stereocenters. The van der Waals surface area contributed by atoms with E-state index in [9.17, 15) is 4.79 Å². The van der Waals surface area contributed by atoms with E-state index in [1.54, 1.807) is 18.2 Å². The molecule has 0 aromatic heterocycles. The second kappa shape index (κ2) is 4.23. The van der Waals surface area contributed by atoms with Crippen molar-refractivity contribution in [2.45, 2.75) is 0 Å². The van der Waals surface area contributed by atoms with Gasteiger partial charge in [0.25, 0.3) is 0 Å². The van der Waals surface area contributed by atoms with Gasteiger partial charge >= 0.3 is 5.97 Å². The molecular weight excluding hydrogens is 204 g/mol. The first-order valence-corrected chi connectivity index (χ1v) is 4.92. The Morgan fingerprint density at radius 3 is 3.00 bits per heavy atom. The minimum atomic E-state index is -0.348. The summed E-state index contributed by atoms with van der Waals surface area (Å²) in [7, 11) is 1.36. The van der Waals surface area contributed by atoms with Crippen molar-refractivity contribution in [1.82, 2.24) is 0 Å². The van der Waals surface area contributed by atoms with E-state index in [1.165, 1.54) is 7.11 Å². The van der Waals surface area contributed by atoms with Crippen LogP contribution < -0.4 is 4.74 Å². The Kier molecular flexibility index (Phi) is 2.77. The molecule has 0 fully saturated rings. The van der Waals surface area contributed by atoms with Crippen molar-refractivity contribution in [3.8, 4) is 5.75 Å². The molecule has 0 aliphatic carbocycles. The third-order valence-electron chi connectivity index (χ3n) is 2.34. The van der Waals surface area contributed by atoms with E-state index in [1.807, 2.05) is 12.2 Å². The normalized spacial score (nSPS) is 13.7. The SMILES string of the molecule is C=C1C=Cc2cc(C(=O)OC)ccc2OC1. The molecule has 0 atom stereocenters. The van der Waals surface area contributed by atoms with Crippen LogP contribution in [-0.2, 0) is 4.74 Å². The van der Waals surface area contributed by atoms with Crippen LogP contribution in [0.4, 0.5) is 0 Å². The molecule has 1 aliphatic rings. The molecule has 3 nitrogen and oxygen atoms in total. The van der Waals surface area contributed by atoms with Gasteiger partial charge in [0, 0.05) is 5.56 Å². The molecule has 3 heteroatoms. The predicted octanol–water partition coefficient (Wildman–Crippen LogP) is 2.44. The van der Waals surface area contributed by atoms with E-state index >= 15 is 0 Å². The van der Waals surface area contributed by atoms with Gasteiger partial charge in [0.15, 0.2) is 0 Å². The first-order valence-electron chi connectivity index (χ1n) is 4.92. The molecule has 0 N–H and O–H groups in total. The van der Waals surface area contributed by atoms with Crippen LogP contribution in [0.5, 0.6) is 5.75 Å². The maximum Gasteiger partial charge on any atom is 0.337 e. The summed E-state index contributed by atoms with van der Waals surface area (Å²) in [6, 6.07) is 5.20. The van der Waals surface area contributed by atoms with Crippen molar-refractivity contribution in [3.63, 3.8) is 0 Å². The molecule has 2 rings (SSSR count). The molecule has 0 bridgehead atoms. The number of carbonyl (C=O) groups excluding carboxylic acids is 1. The van der Waals surface area contributed by atoms with Crippen LogP contribution in [0, 0.1) is 0 Å². The maximum atomic E-state index is 11.3. The van der Waals surface area contributed by atoms with Crippen LogP contribution in [0.15, 0.2) is 36.4 Å². The molecule has 0 spiro atoms. The summed E-state index contributed by atoms with van der Waals surface area (Å²) in [5, 5.41) is 0. The first kappa shape index (κ1) is 10.5. The lowest BCUT2D eigenvalue weighted by molar-refractivity contribution is 0.0600. The monoisotopic (exact) mass is 216 g/mol. The summed E-state index contributed by atoms with van der Waals surface area (Å²) in [6.07, 6.45) is 3.77. The summed E-state index contributed by atoms with van der Waals surface area (Å²) in [4.78, 5) is 11.3. The molecule has 1 aromatic rings. The molecule has 0 radical (unpaired) electrons. The minimum absolute atomic E-state index is 0.348. The molecule has 82 valence electrons. The number of benzene rings is 1. The second-order valence-electron chi connectivity index (χ2n) is 3.52. The lowest BCUT2D eigenvalue weighted by Gasteiger charge is -2.07. The lowest BCUT2D eigenvalue weighted by atomic mass is 10.1. The summed E-state index contributed by atoms with van der Waals surface area (Å²) in [6.45, 7) is 4.30. The largest absolute Gasteiger partial charge is 0.488 e. The average Bonchev–Trinajstić information content (AvgIpc) is 2.50. The number of carbonyl (C=O) groups is 1. The van der Waals surface area contributed by atoms with Gasteiger partial charge in [-0.15, -0.1) is 0 Å². The maximum absolute atomic E-state index is 11.3. The van der Waals surface area contributed by atoms with E-state index in [4.69, 9.17) is 4.74 Å². The molecular formula is C13H12O3. The summed E-state index contributed by atoms with van der Waals surface area (Å²) >= 11 is 0. The van der Waals surface area contributed by atoms with Gasteiger partial charge in [-0.2, -0.15) is 0 Å². The zero-order chi connectivity index (χ0) is 11.5. The molecule has 1 aromatic carbocycles. The van der Waals surface area contributed by atoms with E-state index < -0.39 is 0 Å². The van der Waals surface area contributed by atoms with E-state index in [0.29, 0.717) is 12.2 Å². The fraction of sp³-hybridized carbons (Fsp3) is 0.154. The fourth-order valence-corrected chi connectivity index (χ4v) is 1.48. The lowest BCUT2D eigenvalue weighted by Crippen LogP contribution is -2.02. The third kappa shape index (κ3) is 1.98. The standard InChI is InChI=1S/C13H12O3/c1-9-3-4-10-7-11(13(14)15-2)5-6-12(10)16-8-9/h3-7H,1,8H2,2H3. The number of ether oxygens (including phenoxy) is 2. The highest BCUT2D eigenvalue weighted by Crippen LogP contribution is 2.25. The molecule has 0 saturated heterocycles. The van der Waals surface area contributed by atoms with Gasteiger partial charge < -0.3 is 9.47 Å². The number of hydrogen-bond acceptors (Lipinski definition) is 3. The van der Waals surface area contributed by atoms with Gasteiger partial charge in [0.05, 0.1) is 12.7 Å². The van der Waals surface area contributed by atoms with Gasteiger partial charge in [-0.1, -0.05) is 18.7 Å². The van der Waals surface area contributed by atoms with Crippen LogP contribution in [0.2, 0.25) is 0 Å². The van der Waals surface area contributed by atoms with Gasteiger partial charge in [0.1, 0.15) is 12.4 Å². The van der Waals surface area contributed by atoms with E-state index in [2.05, 4.69) is 11.3 Å². The molecule has 0 amide bonds. The molecule has 1 aliphatic heterocycles. The van der Waals surface area contributed by atoms with Crippen molar-refractivity contribution in [3.05, 3.63) is 47.6 Å². The van der Waals surface area contributed by atoms with Gasteiger partial charge in [-0.05, 0) is 23.8 Å². The van der Waals surface area contributed by atoms with E-state index in [-0.39, 0.29) is 5.97 Å². The van der Waals surface area contributed by atoms with Crippen molar-refractivity contribution >= 4 is 12.0 Å². The smallest absolute Gasteiger partial charge is 0.337 e. The van der Waals surface area contributed by atoms with Crippen LogP contribution in [-0.4, -0.2) is 19.7 Å². The molecule has 0 saturated carbocycles. The van der Waals surface area contributed by atoms with Crippen molar-refractivity contribution in [1.29, 1.82) is 0 Å². The van der Waals surface area contributed by atoms with E-state index in [0.717, 1.165) is 16.9 Å². The number of methoxy groups -OCH3 is 1. The molecule has 16 heavy (non-hydrogen) atoms. The first-order chi connectivity index (χ1) is 7.70. The predicted molar refractivity (Wildman–Crippen MR) is 61.5 cm³/mol. The number of rotatable bonds is 1. The summed E-state index contributed by atoms with van der Waals surface area (Å²) in [5.74, 6) is 0.404. The highest BCUT2D eigenvalue weighted by molar-refractivity contribution is 5.90. The Bertz CT molecular complexity index is 472. The Labute approximate surface area is 94.0 Å². The number of fused-ring (bicyclic) bond motifs is 1. The topological polar surface area (TPSA) is 35.5 Å². The van der Waals surface area contributed by atoms with Crippen LogP contribution in [0.25, 0.3) is 6.08 Å². The quantitative estimate of drug-likeness (QED) is 0.676. The summed E-state index contributed by atoms with van der Waals surface area (Å²) < 4.78 is 10.2. The van der Waals surface area contributed by atoms with Gasteiger partial charge in [-0.3, -0.25) is 0 Å². The van der Waals surface area contributed by atoms with Crippen LogP contribution in [0.3, 0.4) is 0 Å². The van der Waals surface area contributed by atoms with Crippen LogP contribution in [0.1, 0.15) is 15.9 Å². The number of esters is 1. The number of hydrogen-bond donors (Lipinski definition) is 0. The summed E-state index contributed by atoms with van der Waals surface area (Å²) in [5.41, 5.74) is 2.28. The highest BCUT2D eigenvalue weighted by atomic mass is 16.5.